The van der Waals surface area contributed by atoms with Crippen molar-refractivity contribution in [3.63, 3.8) is 0 Å². The fourth-order valence-corrected chi connectivity index (χ4v) is 2.09. The van der Waals surface area contributed by atoms with Crippen LogP contribution in [0, 0.1) is 24.1 Å². The first-order valence-corrected chi connectivity index (χ1v) is 6.52. The van der Waals surface area contributed by atoms with Gasteiger partial charge in [-0.05, 0) is 37.6 Å². The van der Waals surface area contributed by atoms with Crippen molar-refractivity contribution in [3.8, 4) is 6.07 Å². The molecule has 2 aromatic rings. The van der Waals surface area contributed by atoms with Gasteiger partial charge in [-0.15, -0.1) is 0 Å². The van der Waals surface area contributed by atoms with Gasteiger partial charge in [-0.3, -0.25) is 0 Å². The third-order valence-electron chi connectivity index (χ3n) is 3.22. The summed E-state index contributed by atoms with van der Waals surface area (Å²) in [5.41, 5.74) is 1.70. The maximum absolute atomic E-state index is 13.7. The highest BCUT2D eigenvalue weighted by Crippen LogP contribution is 2.21. The Bertz CT molecular complexity index is 628. The lowest BCUT2D eigenvalue weighted by Gasteiger charge is -2.25. The molecule has 2 aromatic carbocycles. The third-order valence-corrected chi connectivity index (χ3v) is 3.22. The van der Waals surface area contributed by atoms with Crippen LogP contribution in [0.15, 0.2) is 48.5 Å². The highest BCUT2D eigenvalue weighted by molar-refractivity contribution is 5.49. The van der Waals surface area contributed by atoms with Crippen LogP contribution in [0.2, 0.25) is 0 Å². The Hall–Kier alpha value is -2.34. The molecule has 0 bridgehead atoms. The molecule has 0 saturated carbocycles. The molecule has 0 heterocycles. The maximum Gasteiger partial charge on any atom is 0.126 e. The zero-order chi connectivity index (χ0) is 14.6. The van der Waals surface area contributed by atoms with E-state index >= 15 is 0 Å². The first kappa shape index (κ1) is 14.1. The Kier molecular flexibility index (Phi) is 4.05. The van der Waals surface area contributed by atoms with E-state index in [1.807, 2.05) is 31.2 Å². The number of nitriles is 1. The molecule has 1 atom stereocenters. The molecule has 0 saturated heterocycles. The molecule has 20 heavy (non-hydrogen) atoms. The van der Waals surface area contributed by atoms with Crippen molar-refractivity contribution in [3.05, 3.63) is 65.5 Å². The second-order valence-corrected chi connectivity index (χ2v) is 5.20. The topological polar surface area (TPSA) is 35.8 Å². The Morgan fingerprint density at radius 2 is 1.80 bits per heavy atom. The van der Waals surface area contributed by atoms with Gasteiger partial charge in [-0.25, -0.2) is 4.39 Å². The third kappa shape index (κ3) is 3.36. The van der Waals surface area contributed by atoms with Gasteiger partial charge in [-0.2, -0.15) is 5.26 Å². The summed E-state index contributed by atoms with van der Waals surface area (Å²) in [6, 6.07) is 16.6. The average Bonchev–Trinajstić information content (AvgIpc) is 2.44. The number of rotatable bonds is 4. The minimum Gasteiger partial charge on any atom is -0.367 e. The van der Waals surface area contributed by atoms with E-state index in [4.69, 9.17) is 0 Å². The zero-order valence-corrected chi connectivity index (χ0v) is 11.7. The average molecular weight is 268 g/mol. The molecule has 0 fully saturated rings. The number of nitrogens with one attached hydrogen (secondary N) is 1. The van der Waals surface area contributed by atoms with Gasteiger partial charge in [0.1, 0.15) is 11.4 Å². The van der Waals surface area contributed by atoms with E-state index in [2.05, 4.69) is 11.4 Å². The van der Waals surface area contributed by atoms with Crippen LogP contribution in [0.3, 0.4) is 0 Å². The molecule has 1 N–H and O–H groups in total. The first-order valence-electron chi connectivity index (χ1n) is 6.52. The molecular weight excluding hydrogens is 251 g/mol. The SMILES string of the molecule is Cc1ccc(NC(C)(C#N)Cc2ccccc2F)cc1. The van der Waals surface area contributed by atoms with Gasteiger partial charge >= 0.3 is 0 Å². The lowest BCUT2D eigenvalue weighted by molar-refractivity contribution is 0.575. The van der Waals surface area contributed by atoms with Crippen LogP contribution in [0.1, 0.15) is 18.1 Å². The molecule has 0 amide bonds. The smallest absolute Gasteiger partial charge is 0.126 e. The number of aryl methyl sites for hydroxylation is 1. The predicted molar refractivity (Wildman–Crippen MR) is 78.9 cm³/mol. The van der Waals surface area contributed by atoms with Crippen molar-refractivity contribution in [2.75, 3.05) is 5.32 Å². The highest BCUT2D eigenvalue weighted by atomic mass is 19.1. The minimum absolute atomic E-state index is 0.278. The molecule has 0 aromatic heterocycles. The van der Waals surface area contributed by atoms with Gasteiger partial charge in [0.05, 0.1) is 6.07 Å². The van der Waals surface area contributed by atoms with E-state index in [1.54, 1.807) is 25.1 Å². The number of hydrogen-bond donors (Lipinski definition) is 1. The molecule has 0 radical (unpaired) electrons. The molecule has 3 heteroatoms. The fraction of sp³-hybridized carbons (Fsp3) is 0.235. The van der Waals surface area contributed by atoms with Crippen molar-refractivity contribution < 1.29 is 4.39 Å². The van der Waals surface area contributed by atoms with Crippen molar-refractivity contribution in [2.24, 2.45) is 0 Å². The summed E-state index contributed by atoms with van der Waals surface area (Å²) in [5, 5.41) is 12.6. The van der Waals surface area contributed by atoms with Crippen LogP contribution in [-0.4, -0.2) is 5.54 Å². The predicted octanol–water partition coefficient (Wildman–Crippen LogP) is 4.07. The second kappa shape index (κ2) is 5.75. The molecule has 102 valence electrons. The minimum atomic E-state index is -0.850. The lowest BCUT2D eigenvalue weighted by Crippen LogP contribution is -2.35. The molecular formula is C17H17FN2. The van der Waals surface area contributed by atoms with Crippen molar-refractivity contribution >= 4 is 5.69 Å². The molecule has 2 rings (SSSR count). The van der Waals surface area contributed by atoms with Crippen molar-refractivity contribution in [1.29, 1.82) is 5.26 Å². The largest absolute Gasteiger partial charge is 0.367 e. The van der Waals surface area contributed by atoms with Crippen LogP contribution >= 0.6 is 0 Å². The van der Waals surface area contributed by atoms with E-state index in [0.29, 0.717) is 12.0 Å². The van der Waals surface area contributed by atoms with Gasteiger partial charge < -0.3 is 5.32 Å². The number of benzene rings is 2. The Morgan fingerprint density at radius 3 is 2.40 bits per heavy atom. The normalized spacial score (nSPS) is 13.3. The number of nitrogens with zero attached hydrogens (tertiary/aromatic N) is 1. The monoisotopic (exact) mass is 268 g/mol. The summed E-state index contributed by atoms with van der Waals surface area (Å²) in [4.78, 5) is 0. The zero-order valence-electron chi connectivity index (χ0n) is 11.7. The van der Waals surface area contributed by atoms with E-state index in [-0.39, 0.29) is 5.82 Å². The Labute approximate surface area is 118 Å². The van der Waals surface area contributed by atoms with Crippen LogP contribution in [0.4, 0.5) is 10.1 Å². The van der Waals surface area contributed by atoms with Crippen molar-refractivity contribution in [2.45, 2.75) is 25.8 Å². The number of anilines is 1. The van der Waals surface area contributed by atoms with Crippen LogP contribution in [0.5, 0.6) is 0 Å². The molecule has 0 aliphatic heterocycles. The molecule has 1 unspecified atom stereocenters. The molecule has 2 nitrogen and oxygen atoms in total. The van der Waals surface area contributed by atoms with Crippen LogP contribution in [0.25, 0.3) is 0 Å². The summed E-state index contributed by atoms with van der Waals surface area (Å²) in [5.74, 6) is -0.278. The van der Waals surface area contributed by atoms with Gasteiger partial charge in [-0.1, -0.05) is 35.9 Å². The summed E-state index contributed by atoms with van der Waals surface area (Å²) in [7, 11) is 0. The summed E-state index contributed by atoms with van der Waals surface area (Å²) >= 11 is 0. The molecule has 0 aliphatic carbocycles. The summed E-state index contributed by atoms with van der Waals surface area (Å²) in [6.45, 7) is 3.78. The van der Waals surface area contributed by atoms with Gasteiger partial charge in [0.2, 0.25) is 0 Å². The summed E-state index contributed by atoms with van der Waals surface area (Å²) in [6.07, 6.45) is 0.310. The number of hydrogen-bond acceptors (Lipinski definition) is 2. The maximum atomic E-state index is 13.7. The highest BCUT2D eigenvalue weighted by Gasteiger charge is 2.25. The van der Waals surface area contributed by atoms with Crippen LogP contribution < -0.4 is 5.32 Å². The standard InChI is InChI=1S/C17H17FN2/c1-13-7-9-15(10-8-13)20-17(2,12-19)11-14-5-3-4-6-16(14)18/h3-10,20H,11H2,1-2H3. The fourth-order valence-electron chi connectivity index (χ4n) is 2.09. The second-order valence-electron chi connectivity index (χ2n) is 5.20. The van der Waals surface area contributed by atoms with Gasteiger partial charge in [0.15, 0.2) is 0 Å². The first-order chi connectivity index (χ1) is 9.52. The number of halogens is 1. The Balaban J connectivity index is 2.19. The quantitative estimate of drug-likeness (QED) is 0.907. The van der Waals surface area contributed by atoms with E-state index in [0.717, 1.165) is 11.3 Å². The van der Waals surface area contributed by atoms with Crippen LogP contribution in [-0.2, 0) is 6.42 Å². The molecule has 0 spiro atoms. The van der Waals surface area contributed by atoms with E-state index in [9.17, 15) is 9.65 Å². The summed E-state index contributed by atoms with van der Waals surface area (Å²) < 4.78 is 13.7. The van der Waals surface area contributed by atoms with E-state index < -0.39 is 5.54 Å². The lowest BCUT2D eigenvalue weighted by atomic mass is 9.93. The molecule has 0 aliphatic rings. The van der Waals surface area contributed by atoms with Crippen molar-refractivity contribution in [1.82, 2.24) is 0 Å². The van der Waals surface area contributed by atoms with E-state index in [1.165, 1.54) is 6.07 Å². The van der Waals surface area contributed by atoms with Gasteiger partial charge in [0, 0.05) is 12.1 Å². The Morgan fingerprint density at radius 1 is 1.15 bits per heavy atom. The van der Waals surface area contributed by atoms with Gasteiger partial charge in [0.25, 0.3) is 0 Å².